The molecule has 110 valence electrons. The summed E-state index contributed by atoms with van der Waals surface area (Å²) in [6.07, 6.45) is 2.68. The SMILES string of the molecule is CCCc1nnc(C2CCN(C(=O)c3ccccc3)C2)o1. The van der Waals surface area contributed by atoms with Crippen LogP contribution in [0.2, 0.25) is 0 Å². The summed E-state index contributed by atoms with van der Waals surface area (Å²) in [7, 11) is 0. The molecule has 3 rings (SSSR count). The molecule has 2 aromatic rings. The van der Waals surface area contributed by atoms with E-state index in [4.69, 9.17) is 4.42 Å². The Morgan fingerprint density at radius 2 is 2.14 bits per heavy atom. The average molecular weight is 285 g/mol. The van der Waals surface area contributed by atoms with Crippen molar-refractivity contribution in [1.29, 1.82) is 0 Å². The van der Waals surface area contributed by atoms with Crippen molar-refractivity contribution < 1.29 is 9.21 Å². The number of amides is 1. The lowest BCUT2D eigenvalue weighted by molar-refractivity contribution is 0.0790. The summed E-state index contributed by atoms with van der Waals surface area (Å²) in [5.41, 5.74) is 0.732. The fraction of sp³-hybridized carbons (Fsp3) is 0.438. The van der Waals surface area contributed by atoms with Gasteiger partial charge in [0.05, 0.1) is 5.92 Å². The van der Waals surface area contributed by atoms with Gasteiger partial charge < -0.3 is 9.32 Å². The molecule has 2 heterocycles. The summed E-state index contributed by atoms with van der Waals surface area (Å²) in [5, 5.41) is 8.19. The third-order valence-electron chi connectivity index (χ3n) is 3.79. The number of hydrogen-bond donors (Lipinski definition) is 0. The van der Waals surface area contributed by atoms with E-state index in [1.54, 1.807) is 0 Å². The molecular weight excluding hydrogens is 266 g/mol. The van der Waals surface area contributed by atoms with E-state index in [-0.39, 0.29) is 11.8 Å². The van der Waals surface area contributed by atoms with Crippen molar-refractivity contribution in [3.8, 4) is 0 Å². The van der Waals surface area contributed by atoms with Gasteiger partial charge in [0.25, 0.3) is 5.91 Å². The van der Waals surface area contributed by atoms with Crippen LogP contribution in [0.25, 0.3) is 0 Å². The minimum Gasteiger partial charge on any atom is -0.425 e. The Hall–Kier alpha value is -2.17. The number of rotatable bonds is 4. The molecule has 0 radical (unpaired) electrons. The lowest BCUT2D eigenvalue weighted by Crippen LogP contribution is -2.28. The molecule has 0 bridgehead atoms. The minimum atomic E-state index is 0.0754. The van der Waals surface area contributed by atoms with Crippen molar-refractivity contribution in [1.82, 2.24) is 15.1 Å². The predicted molar refractivity (Wildman–Crippen MR) is 78.0 cm³/mol. The summed E-state index contributed by atoms with van der Waals surface area (Å²) in [5.74, 6) is 1.60. The van der Waals surface area contributed by atoms with Gasteiger partial charge in [0, 0.05) is 25.1 Å². The summed E-state index contributed by atoms with van der Waals surface area (Å²) in [6.45, 7) is 3.48. The fourth-order valence-corrected chi connectivity index (χ4v) is 2.66. The summed E-state index contributed by atoms with van der Waals surface area (Å²) in [4.78, 5) is 14.3. The molecule has 0 aliphatic carbocycles. The van der Waals surface area contributed by atoms with Crippen LogP contribution in [0.4, 0.5) is 0 Å². The van der Waals surface area contributed by atoms with Crippen molar-refractivity contribution in [2.75, 3.05) is 13.1 Å². The Morgan fingerprint density at radius 1 is 1.33 bits per heavy atom. The Kier molecular flexibility index (Phi) is 3.99. The van der Waals surface area contributed by atoms with Crippen molar-refractivity contribution >= 4 is 5.91 Å². The summed E-state index contributed by atoms with van der Waals surface area (Å²) < 4.78 is 5.68. The Labute approximate surface area is 124 Å². The van der Waals surface area contributed by atoms with Gasteiger partial charge in [-0.2, -0.15) is 0 Å². The van der Waals surface area contributed by atoms with Gasteiger partial charge in [-0.1, -0.05) is 25.1 Å². The number of nitrogens with zero attached hydrogens (tertiary/aromatic N) is 3. The van der Waals surface area contributed by atoms with Crippen LogP contribution in [0.5, 0.6) is 0 Å². The molecule has 0 spiro atoms. The van der Waals surface area contributed by atoms with Gasteiger partial charge in [0.15, 0.2) is 0 Å². The van der Waals surface area contributed by atoms with Gasteiger partial charge in [-0.15, -0.1) is 10.2 Å². The van der Waals surface area contributed by atoms with Gasteiger partial charge in [0.2, 0.25) is 11.8 Å². The molecule has 0 saturated carbocycles. The van der Waals surface area contributed by atoms with Gasteiger partial charge in [0.1, 0.15) is 0 Å². The molecule has 5 nitrogen and oxygen atoms in total. The molecule has 21 heavy (non-hydrogen) atoms. The number of likely N-dealkylation sites (tertiary alicyclic amines) is 1. The highest BCUT2D eigenvalue weighted by Gasteiger charge is 2.31. The highest BCUT2D eigenvalue weighted by atomic mass is 16.4. The number of hydrogen-bond acceptors (Lipinski definition) is 4. The van der Waals surface area contributed by atoms with E-state index in [0.29, 0.717) is 18.3 Å². The maximum atomic E-state index is 12.4. The number of aromatic nitrogens is 2. The second-order valence-corrected chi connectivity index (χ2v) is 5.39. The zero-order valence-electron chi connectivity index (χ0n) is 12.2. The van der Waals surface area contributed by atoms with Gasteiger partial charge >= 0.3 is 0 Å². The van der Waals surface area contributed by atoms with Gasteiger partial charge in [-0.05, 0) is 25.0 Å². The topological polar surface area (TPSA) is 59.2 Å². The second-order valence-electron chi connectivity index (χ2n) is 5.39. The molecule has 0 N–H and O–H groups in total. The predicted octanol–water partition coefficient (Wildman–Crippen LogP) is 2.65. The maximum Gasteiger partial charge on any atom is 0.253 e. The first-order valence-corrected chi connectivity index (χ1v) is 7.44. The van der Waals surface area contributed by atoms with Crippen LogP contribution in [0.3, 0.4) is 0 Å². The third-order valence-corrected chi connectivity index (χ3v) is 3.79. The first-order chi connectivity index (χ1) is 10.3. The van der Waals surface area contributed by atoms with Crippen LogP contribution in [0.15, 0.2) is 34.7 Å². The molecular formula is C16H19N3O2. The van der Waals surface area contributed by atoms with E-state index in [9.17, 15) is 4.79 Å². The smallest absolute Gasteiger partial charge is 0.253 e. The van der Waals surface area contributed by atoms with Crippen molar-refractivity contribution in [3.63, 3.8) is 0 Å². The van der Waals surface area contributed by atoms with E-state index in [0.717, 1.165) is 31.4 Å². The number of carbonyl (C=O) groups is 1. The molecule has 1 atom stereocenters. The average Bonchev–Trinajstić information content (AvgIpc) is 3.16. The quantitative estimate of drug-likeness (QED) is 0.866. The van der Waals surface area contributed by atoms with E-state index in [1.165, 1.54) is 0 Å². The molecule has 1 aromatic carbocycles. The lowest BCUT2D eigenvalue weighted by Gasteiger charge is -2.15. The maximum absolute atomic E-state index is 12.4. The van der Waals surface area contributed by atoms with Crippen LogP contribution in [0.1, 0.15) is 47.8 Å². The summed E-state index contributed by atoms with van der Waals surface area (Å²) in [6, 6.07) is 9.38. The van der Waals surface area contributed by atoms with E-state index >= 15 is 0 Å². The highest BCUT2D eigenvalue weighted by Crippen LogP contribution is 2.27. The fourth-order valence-electron chi connectivity index (χ4n) is 2.66. The van der Waals surface area contributed by atoms with Crippen molar-refractivity contribution in [2.24, 2.45) is 0 Å². The van der Waals surface area contributed by atoms with Crippen LogP contribution >= 0.6 is 0 Å². The standard InChI is InChI=1S/C16H19N3O2/c1-2-6-14-17-18-15(21-14)13-9-10-19(11-13)16(20)12-7-4-3-5-8-12/h3-5,7-8,13H,2,6,9-11H2,1H3. The lowest BCUT2D eigenvalue weighted by atomic mass is 10.1. The Bertz CT molecular complexity index is 609. The number of carbonyl (C=O) groups excluding carboxylic acids is 1. The van der Waals surface area contributed by atoms with Crippen LogP contribution < -0.4 is 0 Å². The first kappa shape index (κ1) is 13.8. The molecule has 1 fully saturated rings. The molecule has 1 unspecified atom stereocenters. The van der Waals surface area contributed by atoms with Crippen molar-refractivity contribution in [2.45, 2.75) is 32.1 Å². The minimum absolute atomic E-state index is 0.0754. The second kappa shape index (κ2) is 6.08. The normalized spacial score (nSPS) is 18.1. The zero-order valence-corrected chi connectivity index (χ0v) is 12.2. The highest BCUT2D eigenvalue weighted by molar-refractivity contribution is 5.94. The molecule has 1 aliphatic heterocycles. The van der Waals surface area contributed by atoms with E-state index in [1.807, 2.05) is 35.2 Å². The monoisotopic (exact) mass is 285 g/mol. The van der Waals surface area contributed by atoms with E-state index < -0.39 is 0 Å². The number of aryl methyl sites for hydroxylation is 1. The van der Waals surface area contributed by atoms with Crippen LogP contribution in [-0.4, -0.2) is 34.1 Å². The third kappa shape index (κ3) is 2.96. The molecule has 5 heteroatoms. The zero-order chi connectivity index (χ0) is 14.7. The molecule has 1 amide bonds. The van der Waals surface area contributed by atoms with E-state index in [2.05, 4.69) is 17.1 Å². The number of benzene rings is 1. The largest absolute Gasteiger partial charge is 0.425 e. The molecule has 1 saturated heterocycles. The first-order valence-electron chi connectivity index (χ1n) is 7.44. The van der Waals surface area contributed by atoms with Crippen LogP contribution in [-0.2, 0) is 6.42 Å². The Balaban J connectivity index is 1.66. The Morgan fingerprint density at radius 3 is 2.90 bits per heavy atom. The molecule has 1 aromatic heterocycles. The van der Waals surface area contributed by atoms with Crippen LogP contribution in [0, 0.1) is 0 Å². The van der Waals surface area contributed by atoms with Gasteiger partial charge in [-0.25, -0.2) is 0 Å². The molecule has 1 aliphatic rings. The van der Waals surface area contributed by atoms with Gasteiger partial charge in [-0.3, -0.25) is 4.79 Å². The summed E-state index contributed by atoms with van der Waals surface area (Å²) >= 11 is 0. The van der Waals surface area contributed by atoms with Crippen molar-refractivity contribution in [3.05, 3.63) is 47.7 Å².